The molecule has 4 heterocycles. The highest BCUT2D eigenvalue weighted by atomic mass is 16.5. The largest absolute Gasteiger partial charge is 0.493 e. The first kappa shape index (κ1) is 29.9. The summed E-state index contributed by atoms with van der Waals surface area (Å²) in [5.74, 6) is 1.92. The van der Waals surface area contributed by atoms with Crippen LogP contribution in [0.5, 0.6) is 11.5 Å². The van der Waals surface area contributed by atoms with E-state index in [1.54, 1.807) is 25.4 Å². The third-order valence-electron chi connectivity index (χ3n) is 8.27. The second-order valence-corrected chi connectivity index (χ2v) is 11.0. The summed E-state index contributed by atoms with van der Waals surface area (Å²) in [7, 11) is 3.07. The molecule has 0 amide bonds. The summed E-state index contributed by atoms with van der Waals surface area (Å²) in [4.78, 5) is 31.2. The number of fused-ring (bicyclic) bond motifs is 1. The second-order valence-electron chi connectivity index (χ2n) is 11.0. The fourth-order valence-corrected chi connectivity index (χ4v) is 6.01. The number of rotatable bonds is 9. The minimum Gasteiger partial charge on any atom is -0.493 e. The fraction of sp³-hybridized carbons (Fsp3) is 0.294. The first-order valence-corrected chi connectivity index (χ1v) is 14.9. The Bertz CT molecular complexity index is 1700. The van der Waals surface area contributed by atoms with Gasteiger partial charge in [0.15, 0.2) is 17.3 Å². The van der Waals surface area contributed by atoms with Crippen molar-refractivity contribution in [3.63, 3.8) is 0 Å². The van der Waals surface area contributed by atoms with Crippen LogP contribution in [0.15, 0.2) is 73.2 Å². The SMILES string of the molecule is COc1cc(Cc2cnc(N)nc2N)cc(C(=O)/C=C/N2CCc3ccccc3C2c2ccc(N3CCOCC3)nc2)c1OC. The minimum atomic E-state index is -0.216. The van der Waals surface area contributed by atoms with Crippen LogP contribution < -0.4 is 25.8 Å². The summed E-state index contributed by atoms with van der Waals surface area (Å²) < 4.78 is 16.7. The lowest BCUT2D eigenvalue weighted by Crippen LogP contribution is -2.37. The number of carbonyl (C=O) groups is 1. The van der Waals surface area contributed by atoms with Gasteiger partial charge in [0, 0.05) is 56.3 Å². The zero-order chi connectivity index (χ0) is 31.3. The monoisotopic (exact) mass is 607 g/mol. The van der Waals surface area contributed by atoms with Crippen LogP contribution in [0, 0.1) is 0 Å². The molecule has 4 aromatic rings. The standard InChI is InChI=1S/C34H37N7O4/c1-43-29-19-22(17-25-21-38-34(36)39-33(25)35)18-27(32(29)44-2)28(42)10-12-41-11-9-23-5-3-4-6-26(23)31(41)24-7-8-30(37-20-24)40-13-15-45-16-14-40/h3-8,10,12,18-21,31H,9,11,13-17H2,1-2H3,(H4,35,36,38,39)/b12-10+. The van der Waals surface area contributed by atoms with Crippen molar-refractivity contribution >= 4 is 23.4 Å². The van der Waals surface area contributed by atoms with Crippen molar-refractivity contribution in [2.45, 2.75) is 18.9 Å². The van der Waals surface area contributed by atoms with Crippen LogP contribution in [0.25, 0.3) is 0 Å². The van der Waals surface area contributed by atoms with Crippen molar-refractivity contribution < 1.29 is 19.0 Å². The van der Waals surface area contributed by atoms with Gasteiger partial charge in [0.25, 0.3) is 0 Å². The van der Waals surface area contributed by atoms with Gasteiger partial charge in [-0.05, 0) is 46.9 Å². The van der Waals surface area contributed by atoms with Crippen LogP contribution in [-0.2, 0) is 17.6 Å². The molecule has 11 heteroatoms. The Morgan fingerprint density at radius 3 is 2.58 bits per heavy atom. The lowest BCUT2D eigenvalue weighted by Gasteiger charge is -2.37. The molecule has 2 aliphatic rings. The highest BCUT2D eigenvalue weighted by Crippen LogP contribution is 2.37. The molecule has 1 unspecified atom stereocenters. The Hall–Kier alpha value is -5.16. The van der Waals surface area contributed by atoms with Gasteiger partial charge in [-0.2, -0.15) is 4.98 Å². The molecule has 232 valence electrons. The van der Waals surface area contributed by atoms with Crippen LogP contribution in [0.2, 0.25) is 0 Å². The number of morpholine rings is 1. The maximum Gasteiger partial charge on any atom is 0.221 e. The zero-order valence-electron chi connectivity index (χ0n) is 25.5. The molecule has 0 bridgehead atoms. The quantitative estimate of drug-likeness (QED) is 0.212. The molecule has 0 radical (unpaired) electrons. The van der Waals surface area contributed by atoms with Crippen LogP contribution in [0.3, 0.4) is 0 Å². The number of hydrogen-bond donors (Lipinski definition) is 2. The van der Waals surface area contributed by atoms with Crippen molar-refractivity contribution in [3.05, 3.63) is 107 Å². The molecular formula is C34H37N7O4. The summed E-state index contributed by atoms with van der Waals surface area (Å²) in [6, 6.07) is 16.2. The minimum absolute atomic E-state index is 0.0958. The third-order valence-corrected chi connectivity index (χ3v) is 8.27. The lowest BCUT2D eigenvalue weighted by atomic mass is 9.89. The van der Waals surface area contributed by atoms with E-state index in [2.05, 4.69) is 56.2 Å². The number of anilines is 3. The Morgan fingerprint density at radius 2 is 1.84 bits per heavy atom. The van der Waals surface area contributed by atoms with Crippen molar-refractivity contribution in [3.8, 4) is 11.5 Å². The van der Waals surface area contributed by atoms with Gasteiger partial charge in [-0.1, -0.05) is 30.3 Å². The molecule has 1 atom stereocenters. The Balaban J connectivity index is 1.30. The number of pyridine rings is 1. The number of methoxy groups -OCH3 is 2. The molecule has 11 nitrogen and oxygen atoms in total. The topological polar surface area (TPSA) is 142 Å². The van der Waals surface area contributed by atoms with E-state index in [4.69, 9.17) is 30.7 Å². The molecular weight excluding hydrogens is 570 g/mol. The predicted octanol–water partition coefficient (Wildman–Crippen LogP) is 3.82. The molecule has 2 aromatic heterocycles. The summed E-state index contributed by atoms with van der Waals surface area (Å²) >= 11 is 0. The van der Waals surface area contributed by atoms with E-state index < -0.39 is 0 Å². The summed E-state index contributed by atoms with van der Waals surface area (Å²) in [6.07, 6.45) is 8.26. The summed E-state index contributed by atoms with van der Waals surface area (Å²) in [6.45, 7) is 3.80. The van der Waals surface area contributed by atoms with E-state index in [-0.39, 0.29) is 23.6 Å². The van der Waals surface area contributed by atoms with Gasteiger partial charge in [-0.3, -0.25) is 4.79 Å². The molecule has 2 aliphatic heterocycles. The van der Waals surface area contributed by atoms with E-state index in [0.29, 0.717) is 42.3 Å². The van der Waals surface area contributed by atoms with Gasteiger partial charge >= 0.3 is 0 Å². The number of carbonyl (C=O) groups excluding carboxylic acids is 1. The van der Waals surface area contributed by atoms with Crippen molar-refractivity contribution in [2.24, 2.45) is 0 Å². The van der Waals surface area contributed by atoms with Gasteiger partial charge < -0.3 is 35.5 Å². The van der Waals surface area contributed by atoms with E-state index >= 15 is 0 Å². The average Bonchev–Trinajstić information content (AvgIpc) is 3.08. The number of ether oxygens (including phenoxy) is 3. The van der Waals surface area contributed by atoms with Crippen molar-refractivity contribution in [1.29, 1.82) is 0 Å². The fourth-order valence-electron chi connectivity index (χ4n) is 6.01. The smallest absolute Gasteiger partial charge is 0.221 e. The van der Waals surface area contributed by atoms with Crippen molar-refractivity contribution in [2.75, 3.05) is 63.4 Å². The van der Waals surface area contributed by atoms with E-state index in [0.717, 1.165) is 43.0 Å². The number of allylic oxidation sites excluding steroid dienone is 1. The highest BCUT2D eigenvalue weighted by Gasteiger charge is 2.28. The van der Waals surface area contributed by atoms with Gasteiger partial charge in [-0.25, -0.2) is 9.97 Å². The molecule has 2 aromatic carbocycles. The summed E-state index contributed by atoms with van der Waals surface area (Å²) in [5.41, 5.74) is 17.2. The molecule has 6 rings (SSSR count). The second kappa shape index (κ2) is 13.2. The lowest BCUT2D eigenvalue weighted by molar-refractivity contribution is 0.104. The molecule has 1 fully saturated rings. The number of nitrogens with two attached hydrogens (primary N) is 2. The van der Waals surface area contributed by atoms with Gasteiger partial charge in [0.2, 0.25) is 5.95 Å². The highest BCUT2D eigenvalue weighted by molar-refractivity contribution is 6.07. The molecule has 4 N–H and O–H groups in total. The Labute approximate surface area is 262 Å². The van der Waals surface area contributed by atoms with Crippen LogP contribution in [0.1, 0.15) is 44.2 Å². The number of benzene rings is 2. The van der Waals surface area contributed by atoms with Gasteiger partial charge in [0.1, 0.15) is 11.6 Å². The van der Waals surface area contributed by atoms with E-state index in [1.807, 2.05) is 18.5 Å². The van der Waals surface area contributed by atoms with Gasteiger partial charge in [-0.15, -0.1) is 0 Å². The first-order chi connectivity index (χ1) is 21.9. The number of nitrogen functional groups attached to an aromatic ring is 2. The average molecular weight is 608 g/mol. The molecule has 45 heavy (non-hydrogen) atoms. The molecule has 0 spiro atoms. The first-order valence-electron chi connectivity index (χ1n) is 14.9. The normalized spacial score (nSPS) is 16.4. The van der Waals surface area contributed by atoms with Crippen LogP contribution >= 0.6 is 0 Å². The molecule has 0 aliphatic carbocycles. The maximum absolute atomic E-state index is 13.8. The van der Waals surface area contributed by atoms with Crippen LogP contribution in [0.4, 0.5) is 17.6 Å². The number of ketones is 1. The zero-order valence-corrected chi connectivity index (χ0v) is 25.5. The van der Waals surface area contributed by atoms with Crippen molar-refractivity contribution in [1.82, 2.24) is 19.9 Å². The molecule has 1 saturated heterocycles. The van der Waals surface area contributed by atoms with E-state index in [1.165, 1.54) is 18.2 Å². The number of aromatic nitrogens is 3. The van der Waals surface area contributed by atoms with Gasteiger partial charge in [0.05, 0.1) is 39.0 Å². The number of nitrogens with zero attached hydrogens (tertiary/aromatic N) is 5. The van der Waals surface area contributed by atoms with E-state index in [9.17, 15) is 4.79 Å². The Morgan fingerprint density at radius 1 is 1.02 bits per heavy atom. The molecule has 0 saturated carbocycles. The predicted molar refractivity (Wildman–Crippen MR) is 173 cm³/mol. The maximum atomic E-state index is 13.8. The van der Waals surface area contributed by atoms with Crippen LogP contribution in [-0.4, -0.2) is 72.7 Å². The summed E-state index contributed by atoms with van der Waals surface area (Å²) in [5, 5.41) is 0. The Kier molecular flexibility index (Phi) is 8.79. The number of hydrogen-bond acceptors (Lipinski definition) is 11. The third kappa shape index (κ3) is 6.39.